The second-order valence-electron chi connectivity index (χ2n) is 7.30. The van der Waals surface area contributed by atoms with Gasteiger partial charge in [0.2, 0.25) is 0 Å². The van der Waals surface area contributed by atoms with E-state index in [0.29, 0.717) is 5.56 Å². The van der Waals surface area contributed by atoms with Gasteiger partial charge in [0.25, 0.3) is 0 Å². The summed E-state index contributed by atoms with van der Waals surface area (Å²) in [5.41, 5.74) is 4.81. The summed E-state index contributed by atoms with van der Waals surface area (Å²) in [6.45, 7) is 13.9. The average Bonchev–Trinajstić information content (AvgIpc) is 3.22. The Bertz CT molecular complexity index is 942. The van der Waals surface area contributed by atoms with Crippen LogP contribution in [0.15, 0.2) is 59.1 Å². The van der Waals surface area contributed by atoms with Crippen LogP contribution in [0, 0.1) is 0 Å². The zero-order valence-corrected chi connectivity index (χ0v) is 17.5. The molecule has 0 radical (unpaired) electrons. The van der Waals surface area contributed by atoms with Crippen LogP contribution in [-0.2, 0) is 6.54 Å². The standard InChI is InChI=1S/C22H27BN4O3/c1-4-17(6-5-16(2)3)20-8-7-19(30-20)15-26-9-11-27(12-10-26)22-23-13-18(14-24-22)21(28)25-29/h4-8,13-14,29H,2,9-12,15H2,1,3H3,(H,25,28)/b6-5-,17-4?. The molecule has 0 spiro atoms. The van der Waals surface area contributed by atoms with Crippen LogP contribution in [0.2, 0.25) is 0 Å². The Morgan fingerprint density at radius 1 is 1.33 bits per heavy atom. The molecule has 30 heavy (non-hydrogen) atoms. The summed E-state index contributed by atoms with van der Waals surface area (Å²) in [7, 11) is 0. The summed E-state index contributed by atoms with van der Waals surface area (Å²) in [5, 5.41) is 8.69. The van der Waals surface area contributed by atoms with Gasteiger partial charge in [0.15, 0.2) is 0 Å². The fourth-order valence-electron chi connectivity index (χ4n) is 3.30. The van der Waals surface area contributed by atoms with Crippen molar-refractivity contribution in [3.63, 3.8) is 0 Å². The van der Waals surface area contributed by atoms with E-state index in [9.17, 15) is 4.79 Å². The van der Waals surface area contributed by atoms with E-state index in [1.165, 1.54) is 6.20 Å². The number of carbonyl (C=O) groups excluding carboxylic acids is 1. The second kappa shape index (κ2) is 10.2. The number of nitrogens with one attached hydrogen (secondary N) is 1. The van der Waals surface area contributed by atoms with Gasteiger partial charge in [-0.2, -0.15) is 0 Å². The van der Waals surface area contributed by atoms with Crippen LogP contribution in [-0.4, -0.2) is 54.1 Å². The molecule has 2 aromatic rings. The first-order valence-electron chi connectivity index (χ1n) is 9.97. The van der Waals surface area contributed by atoms with Gasteiger partial charge in [-0.1, -0.05) is 12.2 Å². The molecule has 2 N–H and O–H groups in total. The van der Waals surface area contributed by atoms with E-state index in [1.807, 2.05) is 44.2 Å². The number of hydrogen-bond acceptors (Lipinski definition) is 6. The molecule has 156 valence electrons. The van der Waals surface area contributed by atoms with Gasteiger partial charge in [0.1, 0.15) is 0 Å². The number of aromatic nitrogens is 1. The molecule has 0 bridgehead atoms. The Kier molecular flexibility index (Phi) is 7.38. The fraction of sp³-hybridized carbons (Fsp3) is 0.318. The summed E-state index contributed by atoms with van der Waals surface area (Å²) in [6.07, 6.45) is 7.50. The van der Waals surface area contributed by atoms with Gasteiger partial charge in [-0.15, -0.1) is 0 Å². The maximum absolute atomic E-state index is 11.4. The normalized spacial score (nSPS) is 15.4. The second-order valence-corrected chi connectivity index (χ2v) is 7.30. The number of hydrogen-bond donors (Lipinski definition) is 2. The van der Waals surface area contributed by atoms with Crippen molar-refractivity contribution < 1.29 is 14.4 Å². The minimum atomic E-state index is -0.562. The van der Waals surface area contributed by atoms with E-state index in [0.717, 1.165) is 61.1 Å². The monoisotopic (exact) mass is 406 g/mol. The number of carbonyl (C=O) groups is 1. The molecule has 3 rings (SSSR count). The van der Waals surface area contributed by atoms with Gasteiger partial charge in [-0.05, 0) is 6.92 Å². The van der Waals surface area contributed by atoms with Crippen molar-refractivity contribution in [2.75, 3.05) is 31.1 Å². The summed E-state index contributed by atoms with van der Waals surface area (Å²) >= 11 is 0. The molecular formula is C22H27BN4O3. The van der Waals surface area contributed by atoms with E-state index < -0.39 is 5.91 Å². The SMILES string of the molecule is C=C(C)/C=C\C(=CC)c1ccc(CN2CCN(c3bcc(C(=O)NO)cn3)CC2)o1. The summed E-state index contributed by atoms with van der Waals surface area (Å²) < 4.78 is 6.05. The molecule has 8 heteroatoms. The van der Waals surface area contributed by atoms with Crippen LogP contribution in [0.4, 0.5) is 5.71 Å². The quantitative estimate of drug-likeness (QED) is 0.418. The fourth-order valence-corrected chi connectivity index (χ4v) is 3.30. The Balaban J connectivity index is 1.54. The summed E-state index contributed by atoms with van der Waals surface area (Å²) in [5.74, 6) is 2.90. The van der Waals surface area contributed by atoms with Crippen LogP contribution in [0.1, 0.15) is 35.7 Å². The van der Waals surface area contributed by atoms with Crippen LogP contribution in [0.25, 0.3) is 5.57 Å². The van der Waals surface area contributed by atoms with E-state index in [-0.39, 0.29) is 0 Å². The van der Waals surface area contributed by atoms with Crippen LogP contribution in [0.5, 0.6) is 0 Å². The number of furan rings is 1. The summed E-state index contributed by atoms with van der Waals surface area (Å²) in [4.78, 5) is 20.3. The first kappa shape index (κ1) is 21.7. The number of anilines is 1. The average molecular weight is 406 g/mol. The van der Waals surface area contributed by atoms with Gasteiger partial charge in [-0.25, -0.2) is 0 Å². The van der Waals surface area contributed by atoms with Gasteiger partial charge in [-0.3, -0.25) is 0 Å². The molecule has 7 nitrogen and oxygen atoms in total. The predicted octanol–water partition coefficient (Wildman–Crippen LogP) is 2.99. The molecule has 1 aliphatic heterocycles. The van der Waals surface area contributed by atoms with Crippen molar-refractivity contribution in [1.82, 2.24) is 15.4 Å². The molecule has 1 amide bonds. The van der Waals surface area contributed by atoms with E-state index in [2.05, 4.69) is 21.4 Å². The van der Waals surface area contributed by atoms with E-state index >= 15 is 0 Å². The van der Waals surface area contributed by atoms with Crippen LogP contribution >= 0.6 is 0 Å². The van der Waals surface area contributed by atoms with Crippen molar-refractivity contribution in [3.8, 4) is 0 Å². The van der Waals surface area contributed by atoms with E-state index in [1.54, 1.807) is 18.4 Å². The summed E-state index contributed by atoms with van der Waals surface area (Å²) in [6, 6.07) is 4.05. The van der Waals surface area contributed by atoms with Gasteiger partial charge >= 0.3 is 158 Å². The number of nitrogens with zero attached hydrogens (tertiary/aromatic N) is 3. The maximum atomic E-state index is 11.4. The zero-order valence-electron chi connectivity index (χ0n) is 17.5. The Morgan fingerprint density at radius 2 is 2.10 bits per heavy atom. The van der Waals surface area contributed by atoms with Crippen molar-refractivity contribution in [2.24, 2.45) is 0 Å². The van der Waals surface area contributed by atoms with Crippen LogP contribution < -0.4 is 10.4 Å². The first-order valence-corrected chi connectivity index (χ1v) is 9.97. The molecule has 0 aliphatic carbocycles. The van der Waals surface area contributed by atoms with Crippen molar-refractivity contribution in [2.45, 2.75) is 20.4 Å². The third-order valence-electron chi connectivity index (χ3n) is 4.99. The van der Waals surface area contributed by atoms with Crippen molar-refractivity contribution in [1.29, 1.82) is 0 Å². The molecule has 1 saturated heterocycles. The number of allylic oxidation sites excluding steroid dienone is 5. The molecule has 2 aromatic heterocycles. The van der Waals surface area contributed by atoms with Crippen LogP contribution in [0.3, 0.4) is 0 Å². The molecule has 0 aromatic carbocycles. The Hall–Kier alpha value is -2.97. The molecule has 0 unspecified atom stereocenters. The minimum absolute atomic E-state index is 0.326. The molecule has 1 fully saturated rings. The molecular weight excluding hydrogens is 379 g/mol. The molecule has 3 heterocycles. The zero-order chi connectivity index (χ0) is 21.5. The number of hydroxylamine groups is 1. The number of piperazine rings is 1. The van der Waals surface area contributed by atoms with Gasteiger partial charge < -0.3 is 0 Å². The third-order valence-corrected chi connectivity index (χ3v) is 4.99. The molecule has 1 aliphatic rings. The molecule has 0 saturated carbocycles. The van der Waals surface area contributed by atoms with E-state index in [4.69, 9.17) is 9.62 Å². The Labute approximate surface area is 177 Å². The molecule has 0 atom stereocenters. The number of amides is 1. The third kappa shape index (κ3) is 5.55. The van der Waals surface area contributed by atoms with Gasteiger partial charge in [0.05, 0.1) is 0 Å². The van der Waals surface area contributed by atoms with Crippen molar-refractivity contribution in [3.05, 3.63) is 71.8 Å². The predicted molar refractivity (Wildman–Crippen MR) is 119 cm³/mol. The van der Waals surface area contributed by atoms with Gasteiger partial charge in [0, 0.05) is 0 Å². The first-order chi connectivity index (χ1) is 14.5. The topological polar surface area (TPSA) is 81.8 Å². The Morgan fingerprint density at radius 3 is 2.70 bits per heavy atom. The van der Waals surface area contributed by atoms with Crippen molar-refractivity contribution >= 4 is 24.1 Å². The number of rotatable bonds is 7.